The van der Waals surface area contributed by atoms with Crippen LogP contribution in [0.5, 0.6) is 5.75 Å². The number of hydrogen-bond acceptors (Lipinski definition) is 5. The van der Waals surface area contributed by atoms with Crippen LogP contribution < -0.4 is 20.7 Å². The van der Waals surface area contributed by atoms with Gasteiger partial charge in [-0.15, -0.1) is 11.8 Å². The van der Waals surface area contributed by atoms with Crippen molar-refractivity contribution in [3.05, 3.63) is 123 Å². The Hall–Kier alpha value is -4.05. The summed E-state index contributed by atoms with van der Waals surface area (Å²) in [4.78, 5) is 39.9. The molecule has 3 N–H and O–H groups in total. The molecule has 0 aromatic heterocycles. The maximum absolute atomic E-state index is 13.3. The Kier molecular flexibility index (Phi) is 11.1. The summed E-state index contributed by atoms with van der Waals surface area (Å²) in [6.07, 6.45) is 1.61. The van der Waals surface area contributed by atoms with Gasteiger partial charge in [-0.2, -0.15) is 0 Å². The van der Waals surface area contributed by atoms with Crippen molar-refractivity contribution in [2.24, 2.45) is 0 Å². The second-order valence-corrected chi connectivity index (χ2v) is 12.2. The zero-order valence-corrected chi connectivity index (χ0v) is 26.8. The van der Waals surface area contributed by atoms with Gasteiger partial charge in [-0.3, -0.25) is 14.4 Å². The Morgan fingerprint density at radius 2 is 1.65 bits per heavy atom. The maximum Gasteiger partial charge on any atom is 0.272 e. The highest BCUT2D eigenvalue weighted by Crippen LogP contribution is 2.32. The average Bonchev–Trinajstić information content (AvgIpc) is 2.99. The van der Waals surface area contributed by atoms with Gasteiger partial charge in [-0.25, -0.2) is 0 Å². The molecule has 0 radical (unpaired) electrons. The first-order chi connectivity index (χ1) is 20.6. The van der Waals surface area contributed by atoms with Crippen molar-refractivity contribution in [2.45, 2.75) is 24.0 Å². The lowest BCUT2D eigenvalue weighted by Gasteiger charge is -2.16. The summed E-state index contributed by atoms with van der Waals surface area (Å²) < 4.78 is 6.20. The topological polar surface area (TPSA) is 96.5 Å². The van der Waals surface area contributed by atoms with E-state index in [-0.39, 0.29) is 11.6 Å². The lowest BCUT2D eigenvalue weighted by molar-refractivity contribution is -0.115. The highest BCUT2D eigenvalue weighted by atomic mass is 79.9. The molecule has 1 unspecified atom stereocenters. The number of carbonyl (C=O) groups is 3. The lowest BCUT2D eigenvalue weighted by Crippen LogP contribution is -2.30. The van der Waals surface area contributed by atoms with E-state index in [2.05, 4.69) is 31.9 Å². The fraction of sp³-hybridized carbons (Fsp3) is 0.121. The fourth-order valence-corrected chi connectivity index (χ4v) is 5.38. The minimum absolute atomic E-state index is 0.0866. The van der Waals surface area contributed by atoms with Gasteiger partial charge < -0.3 is 20.7 Å². The van der Waals surface area contributed by atoms with Gasteiger partial charge in [0.25, 0.3) is 11.8 Å². The van der Waals surface area contributed by atoms with E-state index in [1.54, 1.807) is 61.5 Å². The molecular formula is C33H29BrClN3O4S. The summed E-state index contributed by atoms with van der Waals surface area (Å²) in [5.74, 6) is -0.597. The van der Waals surface area contributed by atoms with Crippen molar-refractivity contribution in [3.63, 3.8) is 0 Å². The highest BCUT2D eigenvalue weighted by molar-refractivity contribution is 9.10. The highest BCUT2D eigenvalue weighted by Gasteiger charge is 2.18. The number of thioether (sulfide) groups is 1. The van der Waals surface area contributed by atoms with Crippen LogP contribution in [0.25, 0.3) is 6.08 Å². The van der Waals surface area contributed by atoms with Crippen LogP contribution in [-0.4, -0.2) is 30.1 Å². The van der Waals surface area contributed by atoms with Crippen LogP contribution in [0.15, 0.2) is 106 Å². The van der Waals surface area contributed by atoms with Crippen molar-refractivity contribution < 1.29 is 19.1 Å². The third kappa shape index (κ3) is 8.97. The molecule has 0 aliphatic rings. The Morgan fingerprint density at radius 1 is 0.930 bits per heavy atom. The molecule has 0 bridgehead atoms. The van der Waals surface area contributed by atoms with Crippen molar-refractivity contribution >= 4 is 74.5 Å². The number of hydrogen-bond donors (Lipinski definition) is 3. The Bertz CT molecular complexity index is 1660. The molecule has 0 heterocycles. The monoisotopic (exact) mass is 677 g/mol. The number of aryl methyl sites for hydroxylation is 1. The van der Waals surface area contributed by atoms with Gasteiger partial charge in [-0.05, 0) is 85.6 Å². The molecule has 1 atom stereocenters. The normalized spacial score (nSPS) is 11.8. The molecule has 0 aliphatic heterocycles. The van der Waals surface area contributed by atoms with Crippen LogP contribution in [0.3, 0.4) is 0 Å². The molecule has 7 nitrogen and oxygen atoms in total. The molecule has 0 fully saturated rings. The number of anilines is 2. The summed E-state index contributed by atoms with van der Waals surface area (Å²) in [7, 11) is 1.52. The van der Waals surface area contributed by atoms with E-state index in [4.69, 9.17) is 16.3 Å². The van der Waals surface area contributed by atoms with E-state index >= 15 is 0 Å². The number of rotatable bonds is 10. The Labute approximate surface area is 268 Å². The molecular weight excluding hydrogens is 650 g/mol. The van der Waals surface area contributed by atoms with Gasteiger partial charge in [0, 0.05) is 31.7 Å². The molecule has 3 amide bonds. The first-order valence-electron chi connectivity index (χ1n) is 13.2. The summed E-state index contributed by atoms with van der Waals surface area (Å²) in [6.45, 7) is 3.66. The Balaban J connectivity index is 1.43. The van der Waals surface area contributed by atoms with E-state index in [0.717, 1.165) is 20.5 Å². The van der Waals surface area contributed by atoms with Crippen LogP contribution in [0, 0.1) is 6.92 Å². The Morgan fingerprint density at radius 3 is 2.33 bits per heavy atom. The molecule has 0 aliphatic carbocycles. The van der Waals surface area contributed by atoms with Crippen molar-refractivity contribution in [1.29, 1.82) is 0 Å². The molecule has 4 aromatic carbocycles. The van der Waals surface area contributed by atoms with E-state index in [9.17, 15) is 14.4 Å². The summed E-state index contributed by atoms with van der Waals surface area (Å²) in [5.41, 5.74) is 3.15. The van der Waals surface area contributed by atoms with Crippen LogP contribution in [-0.2, 0) is 9.59 Å². The lowest BCUT2D eigenvalue weighted by atomic mass is 10.1. The van der Waals surface area contributed by atoms with Crippen LogP contribution in [0.2, 0.25) is 5.02 Å². The SMILES string of the molecule is COc1cc(Cl)c(C)cc1NC(=O)C(C)Sc1ccc(NC(=O)/C(=C/c2cccc(Br)c2)NC(=O)c2ccccc2)cc1. The quantitative estimate of drug-likeness (QED) is 0.117. The summed E-state index contributed by atoms with van der Waals surface area (Å²) >= 11 is 11.0. The van der Waals surface area contributed by atoms with E-state index in [1.807, 2.05) is 49.4 Å². The van der Waals surface area contributed by atoms with Crippen LogP contribution in [0.1, 0.15) is 28.4 Å². The molecule has 220 valence electrons. The molecule has 0 spiro atoms. The van der Waals surface area contributed by atoms with Gasteiger partial charge in [0.1, 0.15) is 11.4 Å². The standard InChI is InChI=1S/C33H29BrClN3O4S/c1-20-16-28(30(42-3)19-27(20)35)37-31(39)21(2)43-26-14-12-25(13-15-26)36-33(41)29(18-22-8-7-11-24(34)17-22)38-32(40)23-9-5-4-6-10-23/h4-19,21H,1-3H3,(H,36,41)(H,37,39)(H,38,40)/b29-18-. The first kappa shape index (κ1) is 31.9. The van der Waals surface area contributed by atoms with E-state index in [1.165, 1.54) is 18.9 Å². The van der Waals surface area contributed by atoms with Gasteiger partial charge in [0.2, 0.25) is 5.91 Å². The van der Waals surface area contributed by atoms with Gasteiger partial charge in [0.15, 0.2) is 0 Å². The number of nitrogens with one attached hydrogen (secondary N) is 3. The summed E-state index contributed by atoms with van der Waals surface area (Å²) in [6, 6.07) is 26.6. The first-order valence-corrected chi connectivity index (χ1v) is 15.2. The number of benzene rings is 4. The van der Waals surface area contributed by atoms with E-state index in [0.29, 0.717) is 27.7 Å². The minimum atomic E-state index is -0.482. The number of ether oxygens (including phenoxy) is 1. The number of halogens is 2. The van der Waals surface area contributed by atoms with Crippen LogP contribution in [0.4, 0.5) is 11.4 Å². The maximum atomic E-state index is 13.3. The molecule has 43 heavy (non-hydrogen) atoms. The minimum Gasteiger partial charge on any atom is -0.495 e. The number of amides is 3. The van der Waals surface area contributed by atoms with Gasteiger partial charge in [0.05, 0.1) is 18.0 Å². The molecule has 4 rings (SSSR count). The van der Waals surface area contributed by atoms with Crippen LogP contribution >= 0.6 is 39.3 Å². The van der Waals surface area contributed by atoms with Gasteiger partial charge in [-0.1, -0.05) is 57.9 Å². The molecule has 0 saturated heterocycles. The zero-order valence-electron chi connectivity index (χ0n) is 23.6. The average molecular weight is 679 g/mol. The third-order valence-corrected chi connectivity index (χ3v) is 8.23. The predicted octanol–water partition coefficient (Wildman–Crippen LogP) is 7.95. The van der Waals surface area contributed by atoms with Crippen molar-refractivity contribution in [1.82, 2.24) is 5.32 Å². The number of carbonyl (C=O) groups excluding carboxylic acids is 3. The third-order valence-electron chi connectivity index (χ3n) is 6.22. The predicted molar refractivity (Wildman–Crippen MR) is 178 cm³/mol. The second kappa shape index (κ2) is 14.9. The molecule has 0 saturated carbocycles. The number of methoxy groups -OCH3 is 1. The molecule has 10 heteroatoms. The summed E-state index contributed by atoms with van der Waals surface area (Å²) in [5, 5.41) is 8.62. The van der Waals surface area contributed by atoms with E-state index < -0.39 is 17.1 Å². The van der Waals surface area contributed by atoms with Gasteiger partial charge >= 0.3 is 0 Å². The second-order valence-electron chi connectivity index (χ2n) is 9.46. The van der Waals surface area contributed by atoms with Crippen molar-refractivity contribution in [2.75, 3.05) is 17.7 Å². The smallest absolute Gasteiger partial charge is 0.272 e. The largest absolute Gasteiger partial charge is 0.495 e. The van der Waals surface area contributed by atoms with Crippen molar-refractivity contribution in [3.8, 4) is 5.75 Å². The molecule has 4 aromatic rings. The zero-order chi connectivity index (χ0) is 30.9. The fourth-order valence-electron chi connectivity index (χ4n) is 3.94.